The van der Waals surface area contributed by atoms with Crippen LogP contribution in [0, 0.1) is 5.82 Å². The van der Waals surface area contributed by atoms with Crippen LogP contribution in [0.4, 0.5) is 10.1 Å². The lowest BCUT2D eigenvalue weighted by Gasteiger charge is -2.07. The minimum atomic E-state index is -3.81. The van der Waals surface area contributed by atoms with Crippen LogP contribution in [-0.2, 0) is 9.05 Å². The maximum absolute atomic E-state index is 13.1. The predicted molar refractivity (Wildman–Crippen MR) is 81.5 cm³/mol. The van der Waals surface area contributed by atoms with Crippen molar-refractivity contribution in [2.45, 2.75) is 4.90 Å². The molecule has 1 amide bonds. The molecule has 4 nitrogen and oxygen atoms in total. The lowest BCUT2D eigenvalue weighted by molar-refractivity contribution is 0.102. The Kier molecular flexibility index (Phi) is 4.65. The quantitative estimate of drug-likeness (QED) is 0.809. The second-order valence-electron chi connectivity index (χ2n) is 4.04. The molecule has 0 unspecified atom stereocenters. The Labute approximate surface area is 133 Å². The van der Waals surface area contributed by atoms with Crippen LogP contribution in [-0.4, -0.2) is 14.3 Å². The zero-order chi connectivity index (χ0) is 15.6. The summed E-state index contributed by atoms with van der Waals surface area (Å²) in [6.07, 6.45) is 0. The van der Waals surface area contributed by atoms with E-state index in [1.165, 1.54) is 36.4 Å². The highest BCUT2D eigenvalue weighted by molar-refractivity contribution is 9.10. The van der Waals surface area contributed by atoms with E-state index in [2.05, 4.69) is 21.2 Å². The molecule has 0 aliphatic carbocycles. The molecule has 2 aromatic carbocycles. The molecule has 0 saturated carbocycles. The Balaban J connectivity index is 2.22. The maximum Gasteiger partial charge on any atom is 0.261 e. The van der Waals surface area contributed by atoms with Crippen molar-refractivity contribution in [3.05, 3.63) is 58.3 Å². The molecule has 2 rings (SSSR count). The first-order valence-electron chi connectivity index (χ1n) is 5.58. The summed E-state index contributed by atoms with van der Waals surface area (Å²) >= 11 is 3.16. The fourth-order valence-corrected chi connectivity index (χ4v) is 2.77. The van der Waals surface area contributed by atoms with E-state index >= 15 is 0 Å². The van der Waals surface area contributed by atoms with E-state index in [1.54, 1.807) is 0 Å². The Hall–Kier alpha value is -1.44. The Morgan fingerprint density at radius 1 is 1.14 bits per heavy atom. The van der Waals surface area contributed by atoms with Gasteiger partial charge in [0.1, 0.15) is 5.82 Å². The number of nitrogens with one attached hydrogen (secondary N) is 1. The van der Waals surface area contributed by atoms with Gasteiger partial charge in [-0.05, 0) is 58.4 Å². The van der Waals surface area contributed by atoms with E-state index in [-0.39, 0.29) is 10.5 Å². The molecule has 0 aliphatic rings. The number of carbonyl (C=O) groups excluding carboxylic acids is 1. The van der Waals surface area contributed by atoms with Crippen molar-refractivity contribution < 1.29 is 17.6 Å². The standard InChI is InChI=1S/C13H8BrClFNO3S/c14-12-6-1-8(16)7-11(12)13(18)17-9-2-4-10(5-3-9)21(15,19)20/h1-7H,(H,17,18). The average molecular weight is 393 g/mol. The fourth-order valence-electron chi connectivity index (χ4n) is 1.57. The van der Waals surface area contributed by atoms with Gasteiger partial charge in [-0.15, -0.1) is 0 Å². The van der Waals surface area contributed by atoms with Crippen LogP contribution in [0.5, 0.6) is 0 Å². The van der Waals surface area contributed by atoms with Crippen LogP contribution >= 0.6 is 26.6 Å². The molecule has 2 aromatic rings. The zero-order valence-electron chi connectivity index (χ0n) is 10.3. The predicted octanol–water partition coefficient (Wildman–Crippen LogP) is 3.77. The molecule has 0 atom stereocenters. The van der Waals surface area contributed by atoms with Crippen molar-refractivity contribution in [1.29, 1.82) is 0 Å². The number of halogens is 3. The molecule has 0 spiro atoms. The van der Waals surface area contributed by atoms with E-state index in [4.69, 9.17) is 10.7 Å². The molecule has 0 bridgehead atoms. The van der Waals surface area contributed by atoms with Gasteiger partial charge in [0, 0.05) is 20.8 Å². The number of carbonyl (C=O) groups is 1. The number of hydrogen-bond donors (Lipinski definition) is 1. The maximum atomic E-state index is 13.1. The molecule has 0 radical (unpaired) electrons. The summed E-state index contributed by atoms with van der Waals surface area (Å²) < 4.78 is 35.8. The van der Waals surface area contributed by atoms with Crippen molar-refractivity contribution in [2.75, 3.05) is 5.32 Å². The van der Waals surface area contributed by atoms with Gasteiger partial charge >= 0.3 is 0 Å². The summed E-state index contributed by atoms with van der Waals surface area (Å²) in [6, 6.07) is 9.04. The summed E-state index contributed by atoms with van der Waals surface area (Å²) in [4.78, 5) is 11.9. The minimum Gasteiger partial charge on any atom is -0.322 e. The van der Waals surface area contributed by atoms with Gasteiger partial charge < -0.3 is 5.32 Å². The Morgan fingerprint density at radius 2 is 1.76 bits per heavy atom. The molecule has 0 heterocycles. The van der Waals surface area contributed by atoms with Gasteiger partial charge in [-0.25, -0.2) is 12.8 Å². The summed E-state index contributed by atoms with van der Waals surface area (Å²) in [7, 11) is 1.38. The van der Waals surface area contributed by atoms with Crippen LogP contribution in [0.3, 0.4) is 0 Å². The highest BCUT2D eigenvalue weighted by atomic mass is 79.9. The van der Waals surface area contributed by atoms with Crippen molar-refractivity contribution in [3.8, 4) is 0 Å². The molecule has 110 valence electrons. The van der Waals surface area contributed by atoms with Crippen LogP contribution in [0.25, 0.3) is 0 Å². The average Bonchev–Trinajstić information content (AvgIpc) is 2.41. The molecule has 8 heteroatoms. The Bertz CT molecular complexity index is 794. The van der Waals surface area contributed by atoms with E-state index in [1.807, 2.05) is 0 Å². The van der Waals surface area contributed by atoms with E-state index in [0.717, 1.165) is 6.07 Å². The Morgan fingerprint density at radius 3 is 2.33 bits per heavy atom. The SMILES string of the molecule is O=C(Nc1ccc(S(=O)(=O)Cl)cc1)c1cc(F)ccc1Br. The summed E-state index contributed by atoms with van der Waals surface area (Å²) in [5.74, 6) is -1.06. The number of anilines is 1. The van der Waals surface area contributed by atoms with Crippen molar-refractivity contribution >= 4 is 47.3 Å². The third-order valence-corrected chi connectivity index (χ3v) is 4.63. The van der Waals surface area contributed by atoms with Gasteiger partial charge in [0.15, 0.2) is 0 Å². The molecule has 1 N–H and O–H groups in total. The van der Waals surface area contributed by atoms with Gasteiger partial charge in [0.05, 0.1) is 10.5 Å². The largest absolute Gasteiger partial charge is 0.322 e. The second kappa shape index (κ2) is 6.13. The van der Waals surface area contributed by atoms with Crippen molar-refractivity contribution in [2.24, 2.45) is 0 Å². The molecule has 0 saturated heterocycles. The second-order valence-corrected chi connectivity index (χ2v) is 7.46. The minimum absolute atomic E-state index is 0.0749. The number of benzene rings is 2. The molecular formula is C13H8BrClFNO3S. The molecule has 21 heavy (non-hydrogen) atoms. The lowest BCUT2D eigenvalue weighted by atomic mass is 10.2. The third kappa shape index (κ3) is 4.03. The van der Waals surface area contributed by atoms with Crippen molar-refractivity contribution in [3.63, 3.8) is 0 Å². The van der Waals surface area contributed by atoms with Gasteiger partial charge in [-0.1, -0.05) is 0 Å². The number of amides is 1. The van der Waals surface area contributed by atoms with Crippen LogP contribution in [0.2, 0.25) is 0 Å². The van der Waals surface area contributed by atoms with E-state index in [9.17, 15) is 17.6 Å². The first kappa shape index (κ1) is 15.9. The molecular weight excluding hydrogens is 385 g/mol. The topological polar surface area (TPSA) is 63.2 Å². The lowest BCUT2D eigenvalue weighted by Crippen LogP contribution is -2.13. The summed E-state index contributed by atoms with van der Waals surface area (Å²) in [5.41, 5.74) is 0.490. The van der Waals surface area contributed by atoms with Crippen LogP contribution < -0.4 is 5.32 Å². The first-order valence-corrected chi connectivity index (χ1v) is 8.69. The molecule has 0 aromatic heterocycles. The van der Waals surface area contributed by atoms with Gasteiger partial charge in [-0.2, -0.15) is 0 Å². The van der Waals surface area contributed by atoms with Gasteiger partial charge in [-0.3, -0.25) is 4.79 Å². The van der Waals surface area contributed by atoms with Gasteiger partial charge in [0.2, 0.25) is 0 Å². The van der Waals surface area contributed by atoms with Crippen LogP contribution in [0.15, 0.2) is 51.8 Å². The zero-order valence-corrected chi connectivity index (χ0v) is 13.5. The highest BCUT2D eigenvalue weighted by Gasteiger charge is 2.13. The monoisotopic (exact) mass is 391 g/mol. The van der Waals surface area contributed by atoms with Crippen LogP contribution in [0.1, 0.15) is 10.4 Å². The van der Waals surface area contributed by atoms with E-state index < -0.39 is 20.8 Å². The van der Waals surface area contributed by atoms with Crippen molar-refractivity contribution in [1.82, 2.24) is 0 Å². The number of rotatable bonds is 3. The highest BCUT2D eigenvalue weighted by Crippen LogP contribution is 2.21. The number of hydrogen-bond acceptors (Lipinski definition) is 3. The fraction of sp³-hybridized carbons (Fsp3) is 0. The molecule has 0 aliphatic heterocycles. The summed E-state index contributed by atoms with van der Waals surface area (Å²) in [6.45, 7) is 0. The smallest absolute Gasteiger partial charge is 0.261 e. The normalized spacial score (nSPS) is 11.2. The molecule has 0 fully saturated rings. The third-order valence-electron chi connectivity index (χ3n) is 2.57. The summed E-state index contributed by atoms with van der Waals surface area (Å²) in [5, 5.41) is 2.53. The van der Waals surface area contributed by atoms with E-state index in [0.29, 0.717) is 10.2 Å². The first-order chi connectivity index (χ1) is 9.77. The van der Waals surface area contributed by atoms with Gasteiger partial charge in [0.25, 0.3) is 15.0 Å².